The van der Waals surface area contributed by atoms with Crippen LogP contribution in [-0.4, -0.2) is 32.9 Å². The van der Waals surface area contributed by atoms with Crippen LogP contribution in [-0.2, 0) is 6.54 Å². The molecule has 0 saturated carbocycles. The molecular formula is C19H19N5O2. The number of anilines is 1. The van der Waals surface area contributed by atoms with Crippen LogP contribution in [0.15, 0.2) is 67.5 Å². The third kappa shape index (κ3) is 4.54. The van der Waals surface area contributed by atoms with Crippen LogP contribution in [0.1, 0.15) is 27.1 Å². The summed E-state index contributed by atoms with van der Waals surface area (Å²) in [5.41, 5.74) is 1.32. The predicted molar refractivity (Wildman–Crippen MR) is 97.8 cm³/mol. The van der Waals surface area contributed by atoms with Crippen LogP contribution >= 0.6 is 0 Å². The number of para-hydroxylation sites is 1. The van der Waals surface area contributed by atoms with Crippen molar-refractivity contribution in [2.24, 2.45) is 0 Å². The lowest BCUT2D eigenvalue weighted by Gasteiger charge is -2.11. The van der Waals surface area contributed by atoms with Crippen LogP contribution in [0.25, 0.3) is 0 Å². The molecule has 0 aliphatic rings. The van der Waals surface area contributed by atoms with Crippen LogP contribution in [0, 0.1) is 0 Å². The molecule has 7 nitrogen and oxygen atoms in total. The fourth-order valence-electron chi connectivity index (χ4n) is 2.46. The first-order valence-corrected chi connectivity index (χ1v) is 8.28. The summed E-state index contributed by atoms with van der Waals surface area (Å²) in [6, 6.07) is 10.3. The SMILES string of the molecule is O=C(Nc1ccccc1C(=O)NCCCn1ccnc1)c1cccnc1. The number of rotatable bonds is 7. The van der Waals surface area contributed by atoms with Gasteiger partial charge in [-0.15, -0.1) is 0 Å². The number of pyridine rings is 1. The van der Waals surface area contributed by atoms with Gasteiger partial charge in [0.15, 0.2) is 0 Å². The van der Waals surface area contributed by atoms with Crippen molar-refractivity contribution in [3.8, 4) is 0 Å². The summed E-state index contributed by atoms with van der Waals surface area (Å²) in [5, 5.41) is 5.65. The second kappa shape index (κ2) is 8.57. The van der Waals surface area contributed by atoms with E-state index in [0.717, 1.165) is 13.0 Å². The van der Waals surface area contributed by atoms with Gasteiger partial charge < -0.3 is 15.2 Å². The molecule has 0 spiro atoms. The maximum absolute atomic E-state index is 12.5. The van der Waals surface area contributed by atoms with Crippen LogP contribution in [0.4, 0.5) is 5.69 Å². The van der Waals surface area contributed by atoms with E-state index in [2.05, 4.69) is 20.6 Å². The Hall–Kier alpha value is -3.48. The van der Waals surface area contributed by atoms with Gasteiger partial charge >= 0.3 is 0 Å². The zero-order valence-electron chi connectivity index (χ0n) is 14.1. The molecule has 0 radical (unpaired) electrons. The lowest BCUT2D eigenvalue weighted by atomic mass is 10.1. The van der Waals surface area contributed by atoms with E-state index in [9.17, 15) is 9.59 Å². The van der Waals surface area contributed by atoms with E-state index in [1.807, 2.05) is 10.8 Å². The van der Waals surface area contributed by atoms with E-state index in [-0.39, 0.29) is 11.8 Å². The number of nitrogens with zero attached hydrogens (tertiary/aromatic N) is 3. The number of imidazole rings is 1. The number of nitrogens with one attached hydrogen (secondary N) is 2. The summed E-state index contributed by atoms with van der Waals surface area (Å²) in [6.45, 7) is 1.31. The van der Waals surface area contributed by atoms with Crippen molar-refractivity contribution in [2.45, 2.75) is 13.0 Å². The molecule has 0 bridgehead atoms. The Morgan fingerprint density at radius 3 is 2.65 bits per heavy atom. The number of hydrogen-bond acceptors (Lipinski definition) is 4. The van der Waals surface area contributed by atoms with Crippen molar-refractivity contribution in [2.75, 3.05) is 11.9 Å². The maximum atomic E-state index is 12.5. The van der Waals surface area contributed by atoms with Crippen molar-refractivity contribution in [3.63, 3.8) is 0 Å². The van der Waals surface area contributed by atoms with Gasteiger partial charge in [0.05, 0.1) is 23.1 Å². The molecule has 7 heteroatoms. The van der Waals surface area contributed by atoms with Gasteiger partial charge in [0, 0.05) is 37.9 Å². The summed E-state index contributed by atoms with van der Waals surface area (Å²) in [5.74, 6) is -0.531. The van der Waals surface area contributed by atoms with E-state index in [1.165, 1.54) is 6.20 Å². The number of carbonyl (C=O) groups is 2. The Morgan fingerprint density at radius 1 is 1.00 bits per heavy atom. The minimum atomic E-state index is -0.307. The van der Waals surface area contributed by atoms with E-state index in [0.29, 0.717) is 23.4 Å². The number of benzene rings is 1. The summed E-state index contributed by atoms with van der Waals surface area (Å²) < 4.78 is 1.95. The quantitative estimate of drug-likeness (QED) is 0.641. The second-order valence-electron chi connectivity index (χ2n) is 5.65. The Labute approximate surface area is 151 Å². The first-order valence-electron chi connectivity index (χ1n) is 8.28. The molecule has 2 N–H and O–H groups in total. The Bertz CT molecular complexity index is 863. The normalized spacial score (nSPS) is 10.3. The fourth-order valence-corrected chi connectivity index (χ4v) is 2.46. The van der Waals surface area contributed by atoms with Crippen LogP contribution in [0.3, 0.4) is 0 Å². The molecule has 1 aromatic carbocycles. The highest BCUT2D eigenvalue weighted by Gasteiger charge is 2.13. The lowest BCUT2D eigenvalue weighted by molar-refractivity contribution is 0.0953. The average Bonchev–Trinajstić information content (AvgIpc) is 3.20. The van der Waals surface area contributed by atoms with E-state index < -0.39 is 0 Å². The van der Waals surface area contributed by atoms with E-state index in [4.69, 9.17) is 0 Å². The van der Waals surface area contributed by atoms with Gasteiger partial charge in [-0.05, 0) is 30.7 Å². The summed E-state index contributed by atoms with van der Waals surface area (Å²) >= 11 is 0. The van der Waals surface area contributed by atoms with Gasteiger partial charge in [-0.2, -0.15) is 0 Å². The van der Waals surface area contributed by atoms with Gasteiger partial charge in [0.2, 0.25) is 0 Å². The molecule has 2 heterocycles. The van der Waals surface area contributed by atoms with Gasteiger partial charge in [-0.25, -0.2) is 4.98 Å². The first kappa shape index (κ1) is 17.3. The van der Waals surface area contributed by atoms with Crippen molar-refractivity contribution < 1.29 is 9.59 Å². The lowest BCUT2D eigenvalue weighted by Crippen LogP contribution is -2.26. The van der Waals surface area contributed by atoms with Crippen LogP contribution < -0.4 is 10.6 Å². The van der Waals surface area contributed by atoms with E-state index >= 15 is 0 Å². The zero-order valence-corrected chi connectivity index (χ0v) is 14.1. The highest BCUT2D eigenvalue weighted by molar-refractivity contribution is 6.08. The van der Waals surface area contributed by atoms with Gasteiger partial charge in [0.1, 0.15) is 0 Å². The summed E-state index contributed by atoms with van der Waals surface area (Å²) in [7, 11) is 0. The molecule has 3 aromatic rings. The molecule has 3 rings (SSSR count). The summed E-state index contributed by atoms with van der Waals surface area (Å²) in [4.78, 5) is 32.6. The highest BCUT2D eigenvalue weighted by atomic mass is 16.2. The smallest absolute Gasteiger partial charge is 0.257 e. The maximum Gasteiger partial charge on any atom is 0.257 e. The van der Waals surface area contributed by atoms with Crippen molar-refractivity contribution in [1.82, 2.24) is 19.9 Å². The Morgan fingerprint density at radius 2 is 1.88 bits per heavy atom. The minimum absolute atomic E-state index is 0.224. The number of hydrogen-bond donors (Lipinski definition) is 2. The highest BCUT2D eigenvalue weighted by Crippen LogP contribution is 2.16. The van der Waals surface area contributed by atoms with Gasteiger partial charge in [0.25, 0.3) is 11.8 Å². The molecule has 2 amide bonds. The molecule has 0 fully saturated rings. The number of amides is 2. The molecular weight excluding hydrogens is 330 g/mol. The monoisotopic (exact) mass is 349 g/mol. The first-order chi connectivity index (χ1) is 12.7. The molecule has 2 aromatic heterocycles. The van der Waals surface area contributed by atoms with Gasteiger partial charge in [-0.1, -0.05) is 12.1 Å². The molecule has 26 heavy (non-hydrogen) atoms. The van der Waals surface area contributed by atoms with Gasteiger partial charge in [-0.3, -0.25) is 14.6 Å². The average molecular weight is 349 g/mol. The Balaban J connectivity index is 1.59. The Kier molecular flexibility index (Phi) is 5.72. The van der Waals surface area contributed by atoms with Crippen molar-refractivity contribution in [1.29, 1.82) is 0 Å². The number of aromatic nitrogens is 3. The van der Waals surface area contributed by atoms with Crippen molar-refractivity contribution >= 4 is 17.5 Å². The fraction of sp³-hybridized carbons (Fsp3) is 0.158. The summed E-state index contributed by atoms with van der Waals surface area (Å²) in [6.07, 6.45) is 9.21. The largest absolute Gasteiger partial charge is 0.352 e. The predicted octanol–water partition coefficient (Wildman–Crippen LogP) is 2.35. The molecule has 132 valence electrons. The van der Waals surface area contributed by atoms with Crippen LogP contribution in [0.2, 0.25) is 0 Å². The molecule has 0 aliphatic carbocycles. The third-order valence-electron chi connectivity index (χ3n) is 3.78. The molecule has 0 saturated heterocycles. The van der Waals surface area contributed by atoms with Crippen LogP contribution in [0.5, 0.6) is 0 Å². The number of aryl methyl sites for hydroxylation is 1. The number of carbonyl (C=O) groups excluding carboxylic acids is 2. The standard InChI is InChI=1S/C19H19N5O2/c25-18(15-5-3-8-20-13-15)23-17-7-2-1-6-16(17)19(26)22-9-4-11-24-12-10-21-14-24/h1-3,5-8,10,12-14H,4,9,11H2,(H,22,26)(H,23,25). The topological polar surface area (TPSA) is 88.9 Å². The van der Waals surface area contributed by atoms with Crippen molar-refractivity contribution in [3.05, 3.63) is 78.6 Å². The van der Waals surface area contributed by atoms with E-state index in [1.54, 1.807) is 55.1 Å². The zero-order chi connectivity index (χ0) is 18.2. The molecule has 0 atom stereocenters. The molecule has 0 aliphatic heterocycles. The second-order valence-corrected chi connectivity index (χ2v) is 5.65. The molecule has 0 unspecified atom stereocenters. The third-order valence-corrected chi connectivity index (χ3v) is 3.78. The minimum Gasteiger partial charge on any atom is -0.352 e.